The fourth-order valence-electron chi connectivity index (χ4n) is 10.7. The summed E-state index contributed by atoms with van der Waals surface area (Å²) in [5.74, 6) is 0. The quantitative estimate of drug-likeness (QED) is 0.173. The summed E-state index contributed by atoms with van der Waals surface area (Å²) in [6.07, 6.45) is 0. The Bertz CT molecular complexity index is 3230. The lowest BCUT2D eigenvalue weighted by molar-refractivity contribution is 0.563. The molecule has 0 unspecified atom stereocenters. The number of nitrogens with zero attached hydrogens (tertiary/aromatic N) is 1. The van der Waals surface area contributed by atoms with Gasteiger partial charge in [-0.25, -0.2) is 0 Å². The molecule has 9 aromatic carbocycles. The third-order valence-electron chi connectivity index (χ3n) is 13.4. The van der Waals surface area contributed by atoms with E-state index >= 15 is 0 Å². The Labute approximate surface area is 350 Å². The molecule has 0 amide bonds. The molecule has 0 fully saturated rings. The second kappa shape index (κ2) is 13.0. The molecule has 60 heavy (non-hydrogen) atoms. The topological polar surface area (TPSA) is 16.4 Å². The summed E-state index contributed by atoms with van der Waals surface area (Å²) in [6, 6.07) is 77.6. The van der Waals surface area contributed by atoms with Crippen molar-refractivity contribution >= 4 is 39.0 Å². The number of fused-ring (bicyclic) bond motifs is 12. The van der Waals surface area contributed by atoms with E-state index in [-0.39, 0.29) is 5.41 Å². The van der Waals surface area contributed by atoms with Crippen molar-refractivity contribution in [3.05, 3.63) is 246 Å². The summed E-state index contributed by atoms with van der Waals surface area (Å²) in [5.41, 5.74) is 19.6. The van der Waals surface area contributed by atoms with Crippen molar-refractivity contribution in [3.8, 4) is 33.4 Å². The van der Waals surface area contributed by atoms with Crippen LogP contribution in [0, 0.1) is 0 Å². The predicted octanol–water partition coefficient (Wildman–Crippen LogP) is 15.4. The van der Waals surface area contributed by atoms with Crippen molar-refractivity contribution in [2.75, 3.05) is 4.90 Å². The fraction of sp³-hybridized carbons (Fsp3) is 0.0690. The van der Waals surface area contributed by atoms with Crippen molar-refractivity contribution < 1.29 is 4.42 Å². The van der Waals surface area contributed by atoms with Crippen LogP contribution in [-0.4, -0.2) is 0 Å². The Morgan fingerprint density at radius 3 is 1.55 bits per heavy atom. The van der Waals surface area contributed by atoms with Crippen molar-refractivity contribution in [1.29, 1.82) is 0 Å². The van der Waals surface area contributed by atoms with E-state index in [9.17, 15) is 0 Å². The lowest BCUT2D eigenvalue weighted by atomic mass is 9.55. The predicted molar refractivity (Wildman–Crippen MR) is 249 cm³/mol. The highest BCUT2D eigenvalue weighted by Crippen LogP contribution is 2.62. The minimum Gasteiger partial charge on any atom is -0.453 e. The standard InChI is InChI=1S/C58H41NO/c1-57(2)49-26-11-13-28-51(49)58(52-29-14-12-27-50(52)57)48-25-10-9-21-44(48)45-36-33-40(37-53(45)58)43-22-15-23-46-47-24-16-30-54(56(47)60-55(43)46)59(41-19-7-4-8-20-41)42-34-31-39(32-35-42)38-17-5-3-6-18-38/h3-37H,1-2H3. The molecule has 12 rings (SSSR count). The molecule has 2 aliphatic carbocycles. The summed E-state index contributed by atoms with van der Waals surface area (Å²) in [5, 5.41) is 2.19. The van der Waals surface area contributed by atoms with Gasteiger partial charge in [-0.1, -0.05) is 190 Å². The van der Waals surface area contributed by atoms with Crippen LogP contribution in [0.1, 0.15) is 47.2 Å². The lowest BCUT2D eigenvalue weighted by Crippen LogP contribution is -2.40. The SMILES string of the molecule is CC1(C)c2ccccc2C2(c3ccccc3-c3ccc(-c4cccc5c4oc4c(N(c6ccccc6)c6ccc(-c7ccccc7)cc6)cccc45)cc32)c2ccccc21. The first-order valence-corrected chi connectivity index (χ1v) is 20.9. The first kappa shape index (κ1) is 34.6. The number of benzene rings is 9. The maximum absolute atomic E-state index is 7.20. The molecule has 1 spiro atoms. The van der Waals surface area contributed by atoms with Gasteiger partial charge in [-0.2, -0.15) is 0 Å². The molecule has 2 nitrogen and oxygen atoms in total. The molecule has 0 atom stereocenters. The summed E-state index contributed by atoms with van der Waals surface area (Å²) in [4.78, 5) is 2.31. The Morgan fingerprint density at radius 1 is 0.350 bits per heavy atom. The Kier molecular flexibility index (Phi) is 7.52. The highest BCUT2D eigenvalue weighted by atomic mass is 16.3. The molecule has 2 heteroatoms. The summed E-state index contributed by atoms with van der Waals surface area (Å²) in [6.45, 7) is 4.76. The van der Waals surface area contributed by atoms with Gasteiger partial charge in [-0.15, -0.1) is 0 Å². The van der Waals surface area contributed by atoms with E-state index < -0.39 is 5.41 Å². The van der Waals surface area contributed by atoms with Crippen LogP contribution in [0.4, 0.5) is 17.1 Å². The number of furan rings is 1. The molecule has 2 aliphatic rings. The Hall–Kier alpha value is -7.42. The summed E-state index contributed by atoms with van der Waals surface area (Å²) < 4.78 is 7.20. The third kappa shape index (κ3) is 4.82. The zero-order valence-corrected chi connectivity index (χ0v) is 33.6. The normalized spacial score (nSPS) is 14.1. The highest BCUT2D eigenvalue weighted by molar-refractivity contribution is 6.13. The number of rotatable bonds is 5. The Balaban J connectivity index is 1.06. The highest BCUT2D eigenvalue weighted by Gasteiger charge is 2.53. The van der Waals surface area contributed by atoms with Gasteiger partial charge in [-0.05, 0) is 97.6 Å². The van der Waals surface area contributed by atoms with Gasteiger partial charge in [-0.3, -0.25) is 0 Å². The molecule has 0 saturated carbocycles. The maximum Gasteiger partial charge on any atom is 0.159 e. The van der Waals surface area contributed by atoms with Gasteiger partial charge in [0.05, 0.1) is 11.1 Å². The second-order valence-electron chi connectivity index (χ2n) is 16.8. The molecule has 0 bridgehead atoms. The number of hydrogen-bond donors (Lipinski definition) is 0. The fourth-order valence-corrected chi connectivity index (χ4v) is 10.7. The zero-order valence-electron chi connectivity index (χ0n) is 33.6. The molecule has 0 saturated heterocycles. The van der Waals surface area contributed by atoms with E-state index in [0.29, 0.717) is 0 Å². The van der Waals surface area contributed by atoms with Gasteiger partial charge in [0.25, 0.3) is 0 Å². The average Bonchev–Trinajstić information content (AvgIpc) is 3.84. The third-order valence-corrected chi connectivity index (χ3v) is 13.4. The smallest absolute Gasteiger partial charge is 0.159 e. The molecule has 10 aromatic rings. The van der Waals surface area contributed by atoms with Crippen molar-refractivity contribution in [3.63, 3.8) is 0 Å². The van der Waals surface area contributed by atoms with E-state index in [1.54, 1.807) is 0 Å². The monoisotopic (exact) mass is 767 g/mol. The molecular formula is C58H41NO. The van der Waals surface area contributed by atoms with Crippen LogP contribution in [0.5, 0.6) is 0 Å². The number of hydrogen-bond acceptors (Lipinski definition) is 2. The van der Waals surface area contributed by atoms with Crippen LogP contribution in [0.3, 0.4) is 0 Å². The molecule has 0 aliphatic heterocycles. The van der Waals surface area contributed by atoms with Crippen LogP contribution >= 0.6 is 0 Å². The summed E-state index contributed by atoms with van der Waals surface area (Å²) in [7, 11) is 0. The van der Waals surface area contributed by atoms with Gasteiger partial charge in [0.15, 0.2) is 5.58 Å². The molecule has 0 radical (unpaired) electrons. The average molecular weight is 768 g/mol. The van der Waals surface area contributed by atoms with Crippen LogP contribution in [0.2, 0.25) is 0 Å². The maximum atomic E-state index is 7.20. The molecule has 1 heterocycles. The lowest BCUT2D eigenvalue weighted by Gasteiger charge is -2.46. The first-order valence-electron chi connectivity index (χ1n) is 20.9. The van der Waals surface area contributed by atoms with Gasteiger partial charge in [0.1, 0.15) is 5.58 Å². The van der Waals surface area contributed by atoms with Gasteiger partial charge in [0.2, 0.25) is 0 Å². The molecule has 284 valence electrons. The van der Waals surface area contributed by atoms with Crippen molar-refractivity contribution in [2.45, 2.75) is 24.7 Å². The number of anilines is 3. The second-order valence-corrected chi connectivity index (χ2v) is 16.8. The van der Waals surface area contributed by atoms with E-state index in [0.717, 1.165) is 50.1 Å². The van der Waals surface area contributed by atoms with E-state index in [4.69, 9.17) is 4.42 Å². The summed E-state index contributed by atoms with van der Waals surface area (Å²) >= 11 is 0. The van der Waals surface area contributed by atoms with Crippen molar-refractivity contribution in [2.24, 2.45) is 0 Å². The first-order chi connectivity index (χ1) is 29.5. The zero-order chi connectivity index (χ0) is 40.0. The van der Waals surface area contributed by atoms with Crippen LogP contribution in [-0.2, 0) is 10.8 Å². The molecular weight excluding hydrogens is 727 g/mol. The van der Waals surface area contributed by atoms with Gasteiger partial charge >= 0.3 is 0 Å². The van der Waals surface area contributed by atoms with Crippen LogP contribution < -0.4 is 4.90 Å². The molecule has 0 N–H and O–H groups in total. The largest absolute Gasteiger partial charge is 0.453 e. The van der Waals surface area contributed by atoms with E-state index in [2.05, 4.69) is 231 Å². The minimum atomic E-state index is -0.466. The van der Waals surface area contributed by atoms with Crippen LogP contribution in [0.25, 0.3) is 55.3 Å². The van der Waals surface area contributed by atoms with E-state index in [1.165, 1.54) is 55.6 Å². The van der Waals surface area contributed by atoms with Crippen molar-refractivity contribution in [1.82, 2.24) is 0 Å². The molecule has 1 aromatic heterocycles. The van der Waals surface area contributed by atoms with Gasteiger partial charge in [0, 0.05) is 33.1 Å². The minimum absolute atomic E-state index is 0.150. The van der Waals surface area contributed by atoms with Crippen LogP contribution in [0.15, 0.2) is 217 Å². The van der Waals surface area contributed by atoms with E-state index in [1.807, 2.05) is 0 Å². The Morgan fingerprint density at radius 2 is 0.850 bits per heavy atom. The van der Waals surface area contributed by atoms with Gasteiger partial charge < -0.3 is 9.32 Å². The number of para-hydroxylation sites is 3.